The van der Waals surface area contributed by atoms with E-state index in [0.717, 1.165) is 0 Å². The molecule has 0 heterocycles. The van der Waals surface area contributed by atoms with Crippen molar-refractivity contribution in [1.29, 1.82) is 0 Å². The lowest BCUT2D eigenvalue weighted by Crippen LogP contribution is -2.04. The predicted molar refractivity (Wildman–Crippen MR) is 60.4 cm³/mol. The highest BCUT2D eigenvalue weighted by Gasteiger charge is 2.11. The fraction of sp³-hybridized carbons (Fsp3) is 0.300. The molecule has 2 nitrogen and oxygen atoms in total. The Kier molecular flexibility index (Phi) is 5.15. The van der Waals surface area contributed by atoms with Gasteiger partial charge in [0.05, 0.1) is 4.47 Å². The van der Waals surface area contributed by atoms with Gasteiger partial charge in [0.1, 0.15) is 5.75 Å². The van der Waals surface area contributed by atoms with Gasteiger partial charge in [-0.25, -0.2) is 0 Å². The van der Waals surface area contributed by atoms with Crippen molar-refractivity contribution in [2.45, 2.75) is 13.0 Å². The monoisotopic (exact) mass is 312 g/mol. The third-order valence-corrected chi connectivity index (χ3v) is 2.60. The van der Waals surface area contributed by atoms with E-state index in [1.165, 1.54) is 18.2 Å². The minimum absolute atomic E-state index is 0.00239. The van der Waals surface area contributed by atoms with E-state index in [-0.39, 0.29) is 23.8 Å². The molecule has 1 aromatic carbocycles. The Morgan fingerprint density at radius 1 is 1.50 bits per heavy atom. The Balaban J connectivity index is 2.86. The van der Waals surface area contributed by atoms with Crippen LogP contribution in [-0.2, 0) is 0 Å². The third kappa shape index (κ3) is 3.72. The van der Waals surface area contributed by atoms with Gasteiger partial charge in [0.15, 0.2) is 5.78 Å². The number of ketones is 1. The van der Waals surface area contributed by atoms with E-state index < -0.39 is 6.61 Å². The molecule has 0 bridgehead atoms. The summed E-state index contributed by atoms with van der Waals surface area (Å²) in [7, 11) is 0. The Labute approximate surface area is 105 Å². The van der Waals surface area contributed by atoms with Crippen LogP contribution in [0.5, 0.6) is 5.75 Å². The molecule has 16 heavy (non-hydrogen) atoms. The number of hydrogen-bond donors (Lipinski definition) is 0. The summed E-state index contributed by atoms with van der Waals surface area (Å²) in [5, 5.41) is 0. The van der Waals surface area contributed by atoms with Crippen LogP contribution >= 0.6 is 27.5 Å². The summed E-state index contributed by atoms with van der Waals surface area (Å²) in [6.07, 6.45) is 0.211. The van der Waals surface area contributed by atoms with Crippen molar-refractivity contribution < 1.29 is 18.3 Å². The highest BCUT2D eigenvalue weighted by Crippen LogP contribution is 2.27. The van der Waals surface area contributed by atoms with Gasteiger partial charge < -0.3 is 4.74 Å². The number of carbonyl (C=O) groups is 1. The van der Waals surface area contributed by atoms with Crippen LogP contribution in [0.4, 0.5) is 8.78 Å². The molecule has 0 saturated carbocycles. The van der Waals surface area contributed by atoms with Gasteiger partial charge in [0.25, 0.3) is 0 Å². The summed E-state index contributed by atoms with van der Waals surface area (Å²) in [6, 6.07) is 4.18. The van der Waals surface area contributed by atoms with E-state index in [2.05, 4.69) is 20.7 Å². The fourth-order valence-corrected chi connectivity index (χ4v) is 1.74. The quantitative estimate of drug-likeness (QED) is 0.609. The number of hydrogen-bond acceptors (Lipinski definition) is 2. The van der Waals surface area contributed by atoms with Crippen molar-refractivity contribution in [2.75, 3.05) is 5.88 Å². The Morgan fingerprint density at radius 3 is 2.69 bits per heavy atom. The molecule has 0 aromatic heterocycles. The summed E-state index contributed by atoms with van der Waals surface area (Å²) in [5.74, 6) is 0.0860. The lowest BCUT2D eigenvalue weighted by atomic mass is 10.1. The van der Waals surface area contributed by atoms with Gasteiger partial charge in [-0.3, -0.25) is 4.79 Å². The number of Topliss-reactive ketones (excluding diaryl/α,β-unsaturated/α-hetero) is 1. The third-order valence-electron chi connectivity index (χ3n) is 1.79. The van der Waals surface area contributed by atoms with Crippen molar-refractivity contribution in [3.05, 3.63) is 28.2 Å². The first-order valence-electron chi connectivity index (χ1n) is 4.38. The van der Waals surface area contributed by atoms with Crippen molar-refractivity contribution in [3.8, 4) is 5.75 Å². The van der Waals surface area contributed by atoms with Crippen molar-refractivity contribution in [3.63, 3.8) is 0 Å². The molecule has 0 fully saturated rings. The molecule has 6 heteroatoms. The smallest absolute Gasteiger partial charge is 0.387 e. The fourth-order valence-electron chi connectivity index (χ4n) is 1.10. The number of rotatable bonds is 5. The van der Waals surface area contributed by atoms with E-state index in [1.807, 2.05) is 0 Å². The molecule has 0 N–H and O–H groups in total. The number of halogens is 4. The first-order chi connectivity index (χ1) is 7.54. The molecule has 1 aromatic rings. The average Bonchev–Trinajstić information content (AvgIpc) is 2.20. The standard InChI is InChI=1S/C10H8BrClF2O2/c11-7-5-6(8(15)3-4-12)1-2-9(7)16-10(13)14/h1-2,5,10H,3-4H2. The highest BCUT2D eigenvalue weighted by atomic mass is 79.9. The molecule has 0 amide bonds. The Bertz CT molecular complexity index is 385. The zero-order valence-electron chi connectivity index (χ0n) is 8.05. The molecule has 0 aliphatic carbocycles. The van der Waals surface area contributed by atoms with Crippen LogP contribution in [-0.4, -0.2) is 18.3 Å². The van der Waals surface area contributed by atoms with Crippen LogP contribution in [0.25, 0.3) is 0 Å². The van der Waals surface area contributed by atoms with Crippen molar-refractivity contribution >= 4 is 33.3 Å². The Hall–Kier alpha value is -0.680. The first kappa shape index (κ1) is 13.4. The summed E-state index contributed by atoms with van der Waals surface area (Å²) < 4.78 is 28.4. The average molecular weight is 314 g/mol. The molecule has 0 spiro atoms. The minimum Gasteiger partial charge on any atom is -0.434 e. The molecule has 0 unspecified atom stereocenters. The van der Waals surface area contributed by atoms with E-state index >= 15 is 0 Å². The molecule has 0 saturated heterocycles. The maximum absolute atomic E-state index is 12.0. The van der Waals surface area contributed by atoms with Gasteiger partial charge in [-0.1, -0.05) is 0 Å². The van der Waals surface area contributed by atoms with E-state index in [1.54, 1.807) is 0 Å². The summed E-state index contributed by atoms with van der Waals surface area (Å²) >= 11 is 8.48. The van der Waals surface area contributed by atoms with Crippen LogP contribution in [0.15, 0.2) is 22.7 Å². The second-order valence-corrected chi connectivity index (χ2v) is 4.12. The van der Waals surface area contributed by atoms with Gasteiger partial charge in [-0.15, -0.1) is 11.6 Å². The summed E-state index contributed by atoms with van der Waals surface area (Å²) in [5.41, 5.74) is 0.411. The molecule has 0 aliphatic heterocycles. The number of ether oxygens (including phenoxy) is 1. The largest absolute Gasteiger partial charge is 0.434 e. The van der Waals surface area contributed by atoms with E-state index in [0.29, 0.717) is 10.0 Å². The maximum Gasteiger partial charge on any atom is 0.387 e. The minimum atomic E-state index is -2.89. The summed E-state index contributed by atoms with van der Waals surface area (Å²) in [4.78, 5) is 11.4. The van der Waals surface area contributed by atoms with Crippen LogP contribution in [0.2, 0.25) is 0 Å². The number of alkyl halides is 3. The van der Waals surface area contributed by atoms with Crippen molar-refractivity contribution in [1.82, 2.24) is 0 Å². The maximum atomic E-state index is 12.0. The molecule has 88 valence electrons. The molecular formula is C10H8BrClF2O2. The van der Waals surface area contributed by atoms with Gasteiger partial charge in [0, 0.05) is 17.9 Å². The second-order valence-electron chi connectivity index (χ2n) is 2.89. The zero-order valence-corrected chi connectivity index (χ0v) is 10.4. The van der Waals surface area contributed by atoms with Crippen LogP contribution in [0.1, 0.15) is 16.8 Å². The number of benzene rings is 1. The van der Waals surface area contributed by atoms with Crippen LogP contribution < -0.4 is 4.74 Å². The zero-order chi connectivity index (χ0) is 12.1. The van der Waals surface area contributed by atoms with Crippen LogP contribution in [0.3, 0.4) is 0 Å². The Morgan fingerprint density at radius 2 is 2.19 bits per heavy atom. The molecular weight excluding hydrogens is 305 g/mol. The molecule has 0 radical (unpaired) electrons. The van der Waals surface area contributed by atoms with Crippen molar-refractivity contribution in [2.24, 2.45) is 0 Å². The number of carbonyl (C=O) groups excluding carboxylic acids is 1. The van der Waals surface area contributed by atoms with E-state index in [9.17, 15) is 13.6 Å². The SMILES string of the molecule is O=C(CCCl)c1ccc(OC(F)F)c(Br)c1. The molecule has 0 aliphatic rings. The normalized spacial score (nSPS) is 10.6. The topological polar surface area (TPSA) is 26.3 Å². The lowest BCUT2D eigenvalue weighted by Gasteiger charge is -2.07. The van der Waals surface area contributed by atoms with Gasteiger partial charge in [-0.2, -0.15) is 8.78 Å². The molecule has 0 atom stereocenters. The highest BCUT2D eigenvalue weighted by molar-refractivity contribution is 9.10. The lowest BCUT2D eigenvalue weighted by molar-refractivity contribution is -0.0503. The predicted octanol–water partition coefficient (Wildman–Crippen LogP) is 3.86. The van der Waals surface area contributed by atoms with Gasteiger partial charge >= 0.3 is 6.61 Å². The first-order valence-corrected chi connectivity index (χ1v) is 5.71. The summed E-state index contributed by atoms with van der Waals surface area (Å²) in [6.45, 7) is -2.89. The van der Waals surface area contributed by atoms with Gasteiger partial charge in [-0.05, 0) is 34.1 Å². The van der Waals surface area contributed by atoms with Crippen LogP contribution in [0, 0.1) is 0 Å². The van der Waals surface area contributed by atoms with Gasteiger partial charge in [0.2, 0.25) is 0 Å². The second kappa shape index (κ2) is 6.15. The molecule has 1 rings (SSSR count). The van der Waals surface area contributed by atoms with E-state index in [4.69, 9.17) is 11.6 Å².